The molecule has 0 radical (unpaired) electrons. The van der Waals surface area contributed by atoms with Crippen molar-refractivity contribution in [2.75, 3.05) is 26.3 Å². The van der Waals surface area contributed by atoms with E-state index in [1.54, 1.807) is 4.90 Å². The quantitative estimate of drug-likeness (QED) is 0.899. The first-order valence-electron chi connectivity index (χ1n) is 7.34. The van der Waals surface area contributed by atoms with Gasteiger partial charge in [-0.15, -0.1) is 0 Å². The van der Waals surface area contributed by atoms with E-state index < -0.39 is 5.54 Å². The summed E-state index contributed by atoms with van der Waals surface area (Å²) in [7, 11) is 0. The van der Waals surface area contributed by atoms with Crippen LogP contribution in [0.2, 0.25) is 0 Å². The zero-order valence-electron chi connectivity index (χ0n) is 12.2. The minimum Gasteiger partial charge on any atom is -0.381 e. The van der Waals surface area contributed by atoms with Crippen LogP contribution in [0.3, 0.4) is 0 Å². The summed E-state index contributed by atoms with van der Waals surface area (Å²) in [6, 6.07) is 9.49. The van der Waals surface area contributed by atoms with Crippen molar-refractivity contribution < 1.29 is 14.3 Å². The molecular formula is C16H20N2O3. The SMILES string of the molecule is CC1(c2ccccc2)C(=O)NCC(=O)N1CC1CCOC1. The lowest BCUT2D eigenvalue weighted by molar-refractivity contribution is -0.154. The van der Waals surface area contributed by atoms with Gasteiger partial charge in [-0.2, -0.15) is 0 Å². The molecule has 2 amide bonds. The number of carbonyl (C=O) groups is 2. The lowest BCUT2D eigenvalue weighted by Crippen LogP contribution is -2.64. The molecule has 5 heteroatoms. The Morgan fingerprint density at radius 3 is 2.76 bits per heavy atom. The summed E-state index contributed by atoms with van der Waals surface area (Å²) in [5.41, 5.74) is -0.103. The summed E-state index contributed by atoms with van der Waals surface area (Å²) in [6.07, 6.45) is 0.941. The van der Waals surface area contributed by atoms with E-state index in [1.807, 2.05) is 37.3 Å². The fourth-order valence-electron chi connectivity index (χ4n) is 3.11. The molecule has 112 valence electrons. The molecule has 0 saturated carbocycles. The minimum atomic E-state index is -0.945. The molecule has 2 heterocycles. The van der Waals surface area contributed by atoms with Crippen LogP contribution in [0, 0.1) is 5.92 Å². The van der Waals surface area contributed by atoms with Gasteiger partial charge >= 0.3 is 0 Å². The minimum absolute atomic E-state index is 0.0344. The van der Waals surface area contributed by atoms with Gasteiger partial charge < -0.3 is 15.0 Å². The topological polar surface area (TPSA) is 58.6 Å². The van der Waals surface area contributed by atoms with E-state index in [4.69, 9.17) is 4.74 Å². The molecule has 2 fully saturated rings. The molecule has 5 nitrogen and oxygen atoms in total. The summed E-state index contributed by atoms with van der Waals surface area (Å²) >= 11 is 0. The zero-order valence-corrected chi connectivity index (χ0v) is 12.2. The Morgan fingerprint density at radius 1 is 1.33 bits per heavy atom. The molecule has 2 atom stereocenters. The molecule has 1 aromatic rings. The maximum absolute atomic E-state index is 12.5. The second-order valence-corrected chi connectivity index (χ2v) is 5.85. The molecule has 0 aromatic heterocycles. The van der Waals surface area contributed by atoms with E-state index >= 15 is 0 Å². The lowest BCUT2D eigenvalue weighted by atomic mass is 9.86. The molecule has 0 aliphatic carbocycles. The van der Waals surface area contributed by atoms with Gasteiger partial charge in [0, 0.05) is 19.1 Å². The Kier molecular flexibility index (Phi) is 3.68. The Balaban J connectivity index is 1.95. The highest BCUT2D eigenvalue weighted by Gasteiger charge is 2.47. The molecule has 3 rings (SSSR count). The summed E-state index contributed by atoms with van der Waals surface area (Å²) in [4.78, 5) is 26.6. The molecule has 2 aliphatic heterocycles. The predicted molar refractivity (Wildman–Crippen MR) is 77.4 cm³/mol. The third-order valence-electron chi connectivity index (χ3n) is 4.48. The standard InChI is InChI=1S/C16H20N2O3/c1-16(13-5-3-2-4-6-13)15(20)17-9-14(19)18(16)10-12-7-8-21-11-12/h2-6,12H,7-11H2,1H3,(H,17,20). The smallest absolute Gasteiger partial charge is 0.250 e. The Labute approximate surface area is 124 Å². The number of carbonyl (C=O) groups excluding carboxylic acids is 2. The average molecular weight is 288 g/mol. The summed E-state index contributed by atoms with van der Waals surface area (Å²) in [5, 5.41) is 2.71. The zero-order chi connectivity index (χ0) is 14.9. The number of benzene rings is 1. The number of amides is 2. The van der Waals surface area contributed by atoms with Gasteiger partial charge in [0.1, 0.15) is 5.54 Å². The first-order chi connectivity index (χ1) is 10.1. The van der Waals surface area contributed by atoms with Crippen LogP contribution in [-0.4, -0.2) is 43.0 Å². The monoisotopic (exact) mass is 288 g/mol. The first kappa shape index (κ1) is 14.1. The number of hydrogen-bond donors (Lipinski definition) is 1. The molecule has 2 unspecified atom stereocenters. The van der Waals surface area contributed by atoms with Gasteiger partial charge in [0.15, 0.2) is 0 Å². The summed E-state index contributed by atoms with van der Waals surface area (Å²) in [5.74, 6) is 0.156. The van der Waals surface area contributed by atoms with Crippen LogP contribution in [0.15, 0.2) is 30.3 Å². The summed E-state index contributed by atoms with van der Waals surface area (Å²) < 4.78 is 5.40. The van der Waals surface area contributed by atoms with E-state index in [1.165, 1.54) is 0 Å². The van der Waals surface area contributed by atoms with E-state index in [9.17, 15) is 9.59 Å². The normalized spacial score (nSPS) is 29.6. The van der Waals surface area contributed by atoms with E-state index in [2.05, 4.69) is 5.32 Å². The van der Waals surface area contributed by atoms with Crippen LogP contribution < -0.4 is 5.32 Å². The maximum atomic E-state index is 12.5. The van der Waals surface area contributed by atoms with Crippen molar-refractivity contribution in [3.63, 3.8) is 0 Å². The second-order valence-electron chi connectivity index (χ2n) is 5.85. The number of rotatable bonds is 3. The number of hydrogen-bond acceptors (Lipinski definition) is 3. The molecule has 1 N–H and O–H groups in total. The van der Waals surface area contributed by atoms with Gasteiger partial charge in [-0.05, 0) is 18.9 Å². The van der Waals surface area contributed by atoms with Crippen molar-refractivity contribution in [3.8, 4) is 0 Å². The van der Waals surface area contributed by atoms with Gasteiger partial charge in [0.25, 0.3) is 5.91 Å². The van der Waals surface area contributed by atoms with Crippen molar-refractivity contribution in [1.82, 2.24) is 10.2 Å². The van der Waals surface area contributed by atoms with E-state index in [-0.39, 0.29) is 18.4 Å². The van der Waals surface area contributed by atoms with Crippen molar-refractivity contribution in [1.29, 1.82) is 0 Å². The molecule has 0 spiro atoms. The molecule has 21 heavy (non-hydrogen) atoms. The van der Waals surface area contributed by atoms with Gasteiger partial charge in [-0.1, -0.05) is 30.3 Å². The third kappa shape index (κ3) is 2.42. The van der Waals surface area contributed by atoms with E-state index in [0.717, 1.165) is 18.6 Å². The highest BCUT2D eigenvalue weighted by molar-refractivity contribution is 5.98. The predicted octanol–water partition coefficient (Wildman–Crippen LogP) is 0.897. The van der Waals surface area contributed by atoms with Crippen LogP contribution >= 0.6 is 0 Å². The van der Waals surface area contributed by atoms with Crippen LogP contribution in [0.5, 0.6) is 0 Å². The van der Waals surface area contributed by atoms with Gasteiger partial charge in [-0.3, -0.25) is 9.59 Å². The van der Waals surface area contributed by atoms with Crippen molar-refractivity contribution >= 4 is 11.8 Å². The Bertz CT molecular complexity index is 540. The van der Waals surface area contributed by atoms with Crippen molar-refractivity contribution in [2.45, 2.75) is 18.9 Å². The molecular weight excluding hydrogens is 268 g/mol. The van der Waals surface area contributed by atoms with Gasteiger partial charge in [0.2, 0.25) is 5.91 Å². The van der Waals surface area contributed by atoms with Gasteiger partial charge in [-0.25, -0.2) is 0 Å². The van der Waals surface area contributed by atoms with E-state index in [0.29, 0.717) is 19.1 Å². The first-order valence-corrected chi connectivity index (χ1v) is 7.34. The third-order valence-corrected chi connectivity index (χ3v) is 4.48. The molecule has 0 bridgehead atoms. The highest BCUT2D eigenvalue weighted by atomic mass is 16.5. The molecule has 2 aliphatic rings. The van der Waals surface area contributed by atoms with Crippen molar-refractivity contribution in [2.24, 2.45) is 5.92 Å². The van der Waals surface area contributed by atoms with Crippen molar-refractivity contribution in [3.05, 3.63) is 35.9 Å². The molecule has 1 aromatic carbocycles. The van der Waals surface area contributed by atoms with Crippen LogP contribution in [-0.2, 0) is 19.9 Å². The largest absolute Gasteiger partial charge is 0.381 e. The number of nitrogens with zero attached hydrogens (tertiary/aromatic N) is 1. The summed E-state index contributed by atoms with van der Waals surface area (Å²) in [6.45, 7) is 3.87. The highest BCUT2D eigenvalue weighted by Crippen LogP contribution is 2.32. The number of nitrogens with one attached hydrogen (secondary N) is 1. The second kappa shape index (κ2) is 5.48. The molecule has 2 saturated heterocycles. The number of piperazine rings is 1. The fraction of sp³-hybridized carbons (Fsp3) is 0.500. The van der Waals surface area contributed by atoms with Gasteiger partial charge in [0.05, 0.1) is 13.2 Å². The fourth-order valence-corrected chi connectivity index (χ4v) is 3.11. The Hall–Kier alpha value is -1.88. The maximum Gasteiger partial charge on any atom is 0.250 e. The van der Waals surface area contributed by atoms with Crippen LogP contribution in [0.25, 0.3) is 0 Å². The number of ether oxygens (including phenoxy) is 1. The van der Waals surface area contributed by atoms with Crippen LogP contribution in [0.4, 0.5) is 0 Å². The Morgan fingerprint density at radius 2 is 2.10 bits per heavy atom. The average Bonchev–Trinajstić information content (AvgIpc) is 3.02. The lowest BCUT2D eigenvalue weighted by Gasteiger charge is -2.44. The van der Waals surface area contributed by atoms with Crippen LogP contribution in [0.1, 0.15) is 18.9 Å².